The third kappa shape index (κ3) is 3.70. The summed E-state index contributed by atoms with van der Waals surface area (Å²) in [6, 6.07) is 12.1. The Morgan fingerprint density at radius 2 is 1.87 bits per heavy atom. The fourth-order valence-electron chi connectivity index (χ4n) is 3.65. The zero-order valence-corrected chi connectivity index (χ0v) is 15.6. The van der Waals surface area contributed by atoms with Crippen LogP contribution >= 0.6 is 0 Å². The van der Waals surface area contributed by atoms with Gasteiger partial charge in [-0.25, -0.2) is 0 Å². The Morgan fingerprint density at radius 3 is 2.47 bits per heavy atom. The molecule has 0 spiro atoms. The molecule has 30 heavy (non-hydrogen) atoms. The number of aromatic nitrogens is 1. The first kappa shape index (κ1) is 19.8. The van der Waals surface area contributed by atoms with Gasteiger partial charge in [0.25, 0.3) is 5.91 Å². The van der Waals surface area contributed by atoms with Gasteiger partial charge in [0.15, 0.2) is 0 Å². The summed E-state index contributed by atoms with van der Waals surface area (Å²) in [5, 5.41) is 9.94. The van der Waals surface area contributed by atoms with Crippen LogP contribution in [-0.4, -0.2) is 27.9 Å². The van der Waals surface area contributed by atoms with E-state index in [2.05, 4.69) is 4.74 Å². The number of benzene rings is 2. The van der Waals surface area contributed by atoms with E-state index < -0.39 is 29.4 Å². The maximum absolute atomic E-state index is 12.6. The van der Waals surface area contributed by atoms with Crippen molar-refractivity contribution in [2.75, 3.05) is 0 Å². The summed E-state index contributed by atoms with van der Waals surface area (Å²) in [4.78, 5) is 23.5. The highest BCUT2D eigenvalue weighted by Gasteiger charge is 2.49. The highest BCUT2D eigenvalue weighted by Crippen LogP contribution is 2.48. The Labute approximate surface area is 168 Å². The molecule has 4 rings (SSSR count). The SMILES string of the molecule is NC(=O)c1cc2ccc(OC(F)(F)F)cc2n1-c1cccc(CC2(C(=O)O)CC2)c1. The lowest BCUT2D eigenvalue weighted by atomic mass is 9.96. The van der Waals surface area contributed by atoms with E-state index in [9.17, 15) is 27.9 Å². The van der Waals surface area contributed by atoms with Gasteiger partial charge in [0.05, 0.1) is 10.9 Å². The lowest BCUT2D eigenvalue weighted by Crippen LogP contribution is -2.18. The normalized spacial score (nSPS) is 15.2. The van der Waals surface area contributed by atoms with Crippen LogP contribution in [-0.2, 0) is 11.2 Å². The Bertz CT molecular complexity index is 1160. The highest BCUT2D eigenvalue weighted by atomic mass is 19.4. The molecule has 2 aromatic carbocycles. The van der Waals surface area contributed by atoms with E-state index in [1.165, 1.54) is 22.8 Å². The third-order valence-corrected chi connectivity index (χ3v) is 5.28. The van der Waals surface area contributed by atoms with Crippen LogP contribution in [0.2, 0.25) is 0 Å². The van der Waals surface area contributed by atoms with Crippen LogP contribution in [0.25, 0.3) is 16.6 Å². The number of carbonyl (C=O) groups excluding carboxylic acids is 1. The first-order chi connectivity index (χ1) is 14.1. The number of aliphatic carboxylic acids is 1. The van der Waals surface area contributed by atoms with Crippen LogP contribution in [0.15, 0.2) is 48.5 Å². The number of amides is 1. The molecule has 156 valence electrons. The third-order valence-electron chi connectivity index (χ3n) is 5.28. The first-order valence-corrected chi connectivity index (χ1v) is 9.12. The number of carbonyl (C=O) groups is 2. The topological polar surface area (TPSA) is 94.6 Å². The van der Waals surface area contributed by atoms with Crippen LogP contribution in [0.4, 0.5) is 13.2 Å². The zero-order valence-electron chi connectivity index (χ0n) is 15.6. The molecule has 1 aliphatic rings. The molecule has 1 aliphatic carbocycles. The van der Waals surface area contributed by atoms with Crippen molar-refractivity contribution in [2.45, 2.75) is 25.6 Å². The van der Waals surface area contributed by atoms with Crippen LogP contribution in [0.1, 0.15) is 28.9 Å². The molecule has 0 atom stereocenters. The van der Waals surface area contributed by atoms with Gasteiger partial charge in [0.2, 0.25) is 0 Å². The van der Waals surface area contributed by atoms with Gasteiger partial charge in [-0.3, -0.25) is 9.59 Å². The first-order valence-electron chi connectivity index (χ1n) is 9.12. The number of hydrogen-bond donors (Lipinski definition) is 2. The second kappa shape index (κ2) is 6.79. The molecule has 6 nitrogen and oxygen atoms in total. The van der Waals surface area contributed by atoms with E-state index in [1.807, 2.05) is 0 Å². The summed E-state index contributed by atoms with van der Waals surface area (Å²) in [6.07, 6.45) is -3.36. The largest absolute Gasteiger partial charge is 0.573 e. The molecule has 1 saturated carbocycles. The fraction of sp³-hybridized carbons (Fsp3) is 0.238. The lowest BCUT2D eigenvalue weighted by Gasteiger charge is -2.14. The molecule has 0 bridgehead atoms. The van der Waals surface area contributed by atoms with Crippen molar-refractivity contribution < 1.29 is 32.6 Å². The molecule has 0 radical (unpaired) electrons. The second-order valence-corrected chi connectivity index (χ2v) is 7.43. The van der Waals surface area contributed by atoms with Gasteiger partial charge < -0.3 is 20.1 Å². The van der Waals surface area contributed by atoms with E-state index in [1.54, 1.807) is 24.3 Å². The number of nitrogens with zero attached hydrogens (tertiary/aromatic N) is 1. The smallest absolute Gasteiger partial charge is 0.481 e. The minimum atomic E-state index is -4.85. The summed E-state index contributed by atoms with van der Waals surface area (Å²) in [5.41, 5.74) is 6.34. The van der Waals surface area contributed by atoms with Gasteiger partial charge in [0, 0.05) is 17.1 Å². The molecule has 1 fully saturated rings. The van der Waals surface area contributed by atoms with E-state index in [0.717, 1.165) is 11.6 Å². The zero-order chi connectivity index (χ0) is 21.7. The van der Waals surface area contributed by atoms with Crippen molar-refractivity contribution >= 4 is 22.8 Å². The molecule has 0 aliphatic heterocycles. The quantitative estimate of drug-likeness (QED) is 0.632. The monoisotopic (exact) mass is 418 g/mol. The Morgan fingerprint density at radius 1 is 1.13 bits per heavy atom. The van der Waals surface area contributed by atoms with E-state index in [-0.39, 0.29) is 5.69 Å². The van der Waals surface area contributed by atoms with Crippen LogP contribution in [0.3, 0.4) is 0 Å². The second-order valence-electron chi connectivity index (χ2n) is 7.43. The van der Waals surface area contributed by atoms with Crippen LogP contribution in [0.5, 0.6) is 5.75 Å². The van der Waals surface area contributed by atoms with E-state index in [0.29, 0.717) is 35.9 Å². The number of alkyl halides is 3. The number of halogens is 3. The number of carboxylic acids is 1. The Balaban J connectivity index is 1.81. The minimum absolute atomic E-state index is 0.0886. The maximum atomic E-state index is 12.6. The van der Waals surface area contributed by atoms with Crippen molar-refractivity contribution in [1.29, 1.82) is 0 Å². The summed E-state index contributed by atoms with van der Waals surface area (Å²) in [6.45, 7) is 0. The standard InChI is InChI=1S/C21H17F3N2O4/c22-21(23,24)30-15-5-4-13-9-17(18(25)27)26(16(13)10-15)14-3-1-2-12(8-14)11-20(6-7-20)19(28)29/h1-5,8-10H,6-7,11H2,(H2,25,27)(H,28,29). The molecule has 3 N–H and O–H groups in total. The molecular weight excluding hydrogens is 401 g/mol. The van der Waals surface area contributed by atoms with Crippen molar-refractivity contribution in [3.05, 3.63) is 59.8 Å². The van der Waals surface area contributed by atoms with Gasteiger partial charge in [-0.05, 0) is 55.2 Å². The molecule has 3 aromatic rings. The van der Waals surface area contributed by atoms with Gasteiger partial charge in [-0.1, -0.05) is 12.1 Å². The fourth-order valence-corrected chi connectivity index (χ4v) is 3.65. The Kier molecular flexibility index (Phi) is 4.48. The number of nitrogens with two attached hydrogens (primary N) is 1. The molecule has 0 unspecified atom stereocenters. The predicted molar refractivity (Wildman–Crippen MR) is 101 cm³/mol. The minimum Gasteiger partial charge on any atom is -0.481 e. The molecule has 1 heterocycles. The number of hydrogen-bond acceptors (Lipinski definition) is 3. The average molecular weight is 418 g/mol. The lowest BCUT2D eigenvalue weighted by molar-refractivity contribution is -0.274. The number of carboxylic acid groups (broad SMARTS) is 1. The van der Waals surface area contributed by atoms with Gasteiger partial charge in [0.1, 0.15) is 11.4 Å². The number of primary amides is 1. The summed E-state index contributed by atoms with van der Waals surface area (Å²) in [5.74, 6) is -2.03. The van der Waals surface area contributed by atoms with E-state index in [4.69, 9.17) is 5.73 Å². The van der Waals surface area contributed by atoms with Crippen molar-refractivity contribution in [1.82, 2.24) is 4.57 Å². The molecule has 9 heteroatoms. The van der Waals surface area contributed by atoms with Crippen LogP contribution < -0.4 is 10.5 Å². The molecule has 0 saturated heterocycles. The molecule has 1 aromatic heterocycles. The summed E-state index contributed by atoms with van der Waals surface area (Å²) < 4.78 is 43.3. The van der Waals surface area contributed by atoms with Gasteiger partial charge in [-0.15, -0.1) is 13.2 Å². The number of fused-ring (bicyclic) bond motifs is 1. The van der Waals surface area contributed by atoms with Crippen LogP contribution in [0, 0.1) is 5.41 Å². The van der Waals surface area contributed by atoms with Gasteiger partial charge >= 0.3 is 12.3 Å². The highest BCUT2D eigenvalue weighted by molar-refractivity contribution is 5.99. The maximum Gasteiger partial charge on any atom is 0.573 e. The van der Waals surface area contributed by atoms with Crippen molar-refractivity contribution in [3.8, 4) is 11.4 Å². The Hall–Kier alpha value is -3.49. The van der Waals surface area contributed by atoms with Gasteiger partial charge in [-0.2, -0.15) is 0 Å². The van der Waals surface area contributed by atoms with Crippen molar-refractivity contribution in [3.63, 3.8) is 0 Å². The molecular formula is C21H17F3N2O4. The average Bonchev–Trinajstić information content (AvgIpc) is 3.33. The molecule has 1 amide bonds. The van der Waals surface area contributed by atoms with E-state index >= 15 is 0 Å². The van der Waals surface area contributed by atoms with Crippen molar-refractivity contribution in [2.24, 2.45) is 11.1 Å². The number of rotatable bonds is 6. The number of ether oxygens (including phenoxy) is 1. The summed E-state index contributed by atoms with van der Waals surface area (Å²) >= 11 is 0. The summed E-state index contributed by atoms with van der Waals surface area (Å²) in [7, 11) is 0. The predicted octanol–water partition coefficient (Wildman–Crippen LogP) is 4.04.